The van der Waals surface area contributed by atoms with E-state index in [1.807, 2.05) is 25.1 Å². The monoisotopic (exact) mass is 279 g/mol. The maximum Gasteiger partial charge on any atom is 0.409 e. The molecule has 0 atom stereocenters. The average molecular weight is 279 g/mol. The summed E-state index contributed by atoms with van der Waals surface area (Å²) < 4.78 is 10.1. The van der Waals surface area contributed by atoms with E-state index in [-0.39, 0.29) is 6.09 Å². The minimum Gasteiger partial charge on any atom is -0.497 e. The van der Waals surface area contributed by atoms with Gasteiger partial charge in [-0.25, -0.2) is 4.79 Å². The number of piperazine rings is 1. The minimum absolute atomic E-state index is 0.241. The molecule has 0 radical (unpaired) electrons. The first-order valence-electron chi connectivity index (χ1n) is 6.76. The van der Waals surface area contributed by atoms with Gasteiger partial charge in [0.25, 0.3) is 0 Å². The third kappa shape index (κ3) is 3.07. The Morgan fingerprint density at radius 1 is 1.30 bits per heavy atom. The second kappa shape index (κ2) is 6.36. The van der Waals surface area contributed by atoms with Gasteiger partial charge in [0.1, 0.15) is 5.75 Å². The van der Waals surface area contributed by atoms with Gasteiger partial charge in [0.05, 0.1) is 25.1 Å². The van der Waals surface area contributed by atoms with Gasteiger partial charge in [0.2, 0.25) is 0 Å². The lowest BCUT2D eigenvalue weighted by Crippen LogP contribution is -2.49. The fourth-order valence-corrected chi connectivity index (χ4v) is 2.29. The van der Waals surface area contributed by atoms with E-state index in [2.05, 4.69) is 4.90 Å². The molecule has 2 rings (SSSR count). The molecule has 1 aromatic rings. The quantitative estimate of drug-likeness (QED) is 0.850. The van der Waals surface area contributed by atoms with Crippen LogP contribution in [0.4, 0.5) is 16.2 Å². The molecule has 6 nitrogen and oxygen atoms in total. The highest BCUT2D eigenvalue weighted by Gasteiger charge is 2.23. The van der Waals surface area contributed by atoms with Crippen LogP contribution in [-0.2, 0) is 4.74 Å². The minimum atomic E-state index is -0.241. The Hall–Kier alpha value is -2.11. The van der Waals surface area contributed by atoms with Crippen molar-refractivity contribution in [2.75, 3.05) is 50.5 Å². The van der Waals surface area contributed by atoms with Gasteiger partial charge in [-0.1, -0.05) is 0 Å². The third-order valence-electron chi connectivity index (χ3n) is 3.38. The Labute approximate surface area is 119 Å². The number of nitrogens with two attached hydrogens (primary N) is 1. The van der Waals surface area contributed by atoms with Crippen LogP contribution in [-0.4, -0.2) is 50.9 Å². The molecule has 1 aliphatic rings. The van der Waals surface area contributed by atoms with E-state index >= 15 is 0 Å². The summed E-state index contributed by atoms with van der Waals surface area (Å²) in [4.78, 5) is 15.5. The van der Waals surface area contributed by atoms with E-state index in [0.717, 1.165) is 24.5 Å². The first-order valence-corrected chi connectivity index (χ1v) is 6.76. The second-order valence-electron chi connectivity index (χ2n) is 4.60. The number of hydrogen-bond donors (Lipinski definition) is 1. The van der Waals surface area contributed by atoms with Gasteiger partial charge in [-0.05, 0) is 19.1 Å². The van der Waals surface area contributed by atoms with E-state index < -0.39 is 0 Å². The highest BCUT2D eigenvalue weighted by Crippen LogP contribution is 2.28. The Bertz CT molecular complexity index is 471. The number of rotatable bonds is 3. The van der Waals surface area contributed by atoms with Gasteiger partial charge in [-0.15, -0.1) is 0 Å². The molecule has 0 aliphatic carbocycles. The van der Waals surface area contributed by atoms with Crippen molar-refractivity contribution in [3.05, 3.63) is 18.2 Å². The van der Waals surface area contributed by atoms with Crippen LogP contribution in [0.5, 0.6) is 5.75 Å². The molecule has 1 saturated heterocycles. The molecule has 0 unspecified atom stereocenters. The lowest BCUT2D eigenvalue weighted by Gasteiger charge is -2.36. The largest absolute Gasteiger partial charge is 0.497 e. The molecule has 2 N–H and O–H groups in total. The molecule has 1 fully saturated rings. The van der Waals surface area contributed by atoms with E-state index in [0.29, 0.717) is 25.4 Å². The summed E-state index contributed by atoms with van der Waals surface area (Å²) in [7, 11) is 1.62. The first kappa shape index (κ1) is 14.3. The van der Waals surface area contributed by atoms with Gasteiger partial charge in [0, 0.05) is 32.2 Å². The Morgan fingerprint density at radius 2 is 2.00 bits per heavy atom. The number of ether oxygens (including phenoxy) is 2. The molecule has 1 aliphatic heterocycles. The predicted molar refractivity (Wildman–Crippen MR) is 78.2 cm³/mol. The van der Waals surface area contributed by atoms with Gasteiger partial charge >= 0.3 is 6.09 Å². The highest BCUT2D eigenvalue weighted by atomic mass is 16.6. The fraction of sp³-hybridized carbons (Fsp3) is 0.500. The molecule has 0 aromatic heterocycles. The molecule has 1 amide bonds. The van der Waals surface area contributed by atoms with Crippen LogP contribution >= 0.6 is 0 Å². The van der Waals surface area contributed by atoms with Crippen molar-refractivity contribution in [2.45, 2.75) is 6.92 Å². The van der Waals surface area contributed by atoms with Crippen molar-refractivity contribution in [1.82, 2.24) is 4.90 Å². The van der Waals surface area contributed by atoms with Crippen molar-refractivity contribution >= 4 is 17.5 Å². The standard InChI is InChI=1S/C14H21N3O3/c1-3-20-14(18)17-8-6-16(7-9-17)13-5-4-11(19-2)10-12(13)15/h4-5,10H,3,6-9,15H2,1-2H3. The Balaban J connectivity index is 1.98. The van der Waals surface area contributed by atoms with Crippen LogP contribution in [0.25, 0.3) is 0 Å². The Kier molecular flexibility index (Phi) is 4.55. The zero-order valence-electron chi connectivity index (χ0n) is 12.0. The van der Waals surface area contributed by atoms with E-state index in [1.165, 1.54) is 0 Å². The number of anilines is 2. The molecular formula is C14H21N3O3. The summed E-state index contributed by atoms with van der Waals surface area (Å²) >= 11 is 0. The number of hydrogen-bond acceptors (Lipinski definition) is 5. The van der Waals surface area contributed by atoms with Crippen molar-refractivity contribution in [2.24, 2.45) is 0 Å². The number of methoxy groups -OCH3 is 1. The number of amides is 1. The van der Waals surface area contributed by atoms with Crippen LogP contribution in [0.15, 0.2) is 18.2 Å². The van der Waals surface area contributed by atoms with Crippen molar-refractivity contribution in [1.29, 1.82) is 0 Å². The number of nitrogens with zero attached hydrogens (tertiary/aromatic N) is 2. The molecular weight excluding hydrogens is 258 g/mol. The molecule has 6 heteroatoms. The summed E-state index contributed by atoms with van der Waals surface area (Å²) in [5.41, 5.74) is 7.71. The summed E-state index contributed by atoms with van der Waals surface area (Å²) in [6.07, 6.45) is -0.241. The lowest BCUT2D eigenvalue weighted by molar-refractivity contribution is 0.105. The predicted octanol–water partition coefficient (Wildman–Crippen LogP) is 1.56. The van der Waals surface area contributed by atoms with Gasteiger partial charge < -0.3 is 25.0 Å². The smallest absolute Gasteiger partial charge is 0.409 e. The molecule has 1 heterocycles. The normalized spacial score (nSPS) is 15.1. The van der Waals surface area contributed by atoms with Crippen molar-refractivity contribution in [3.8, 4) is 5.75 Å². The third-order valence-corrected chi connectivity index (χ3v) is 3.38. The Morgan fingerprint density at radius 3 is 2.55 bits per heavy atom. The fourth-order valence-electron chi connectivity index (χ4n) is 2.29. The number of carbonyl (C=O) groups excluding carboxylic acids is 1. The molecule has 110 valence electrons. The topological polar surface area (TPSA) is 68.0 Å². The number of nitrogen functional groups attached to an aromatic ring is 1. The molecule has 0 saturated carbocycles. The van der Waals surface area contributed by atoms with Crippen molar-refractivity contribution in [3.63, 3.8) is 0 Å². The molecule has 20 heavy (non-hydrogen) atoms. The average Bonchev–Trinajstić information content (AvgIpc) is 2.47. The van der Waals surface area contributed by atoms with E-state index in [1.54, 1.807) is 12.0 Å². The molecule has 1 aromatic carbocycles. The highest BCUT2D eigenvalue weighted by molar-refractivity contribution is 5.71. The maximum atomic E-state index is 11.6. The molecule has 0 spiro atoms. The van der Waals surface area contributed by atoms with Crippen LogP contribution in [0.2, 0.25) is 0 Å². The SMILES string of the molecule is CCOC(=O)N1CCN(c2ccc(OC)cc2N)CC1. The van der Waals surface area contributed by atoms with Crippen LogP contribution in [0.3, 0.4) is 0 Å². The van der Waals surface area contributed by atoms with Gasteiger partial charge in [0.15, 0.2) is 0 Å². The second-order valence-corrected chi connectivity index (χ2v) is 4.60. The number of carbonyl (C=O) groups is 1. The molecule has 0 bridgehead atoms. The lowest BCUT2D eigenvalue weighted by atomic mass is 10.2. The zero-order chi connectivity index (χ0) is 14.5. The van der Waals surface area contributed by atoms with E-state index in [9.17, 15) is 4.79 Å². The van der Waals surface area contributed by atoms with Crippen molar-refractivity contribution < 1.29 is 14.3 Å². The maximum absolute atomic E-state index is 11.6. The van der Waals surface area contributed by atoms with E-state index in [4.69, 9.17) is 15.2 Å². The summed E-state index contributed by atoms with van der Waals surface area (Å²) in [5.74, 6) is 0.747. The number of benzene rings is 1. The van der Waals surface area contributed by atoms with Gasteiger partial charge in [-0.3, -0.25) is 0 Å². The first-order chi connectivity index (χ1) is 9.65. The summed E-state index contributed by atoms with van der Waals surface area (Å²) in [6, 6.07) is 5.66. The van der Waals surface area contributed by atoms with Crippen LogP contribution < -0.4 is 15.4 Å². The zero-order valence-corrected chi connectivity index (χ0v) is 12.0. The summed E-state index contributed by atoms with van der Waals surface area (Å²) in [6.45, 7) is 5.00. The van der Waals surface area contributed by atoms with Gasteiger partial charge in [-0.2, -0.15) is 0 Å². The van der Waals surface area contributed by atoms with Crippen LogP contribution in [0, 0.1) is 0 Å². The summed E-state index contributed by atoms with van der Waals surface area (Å²) in [5, 5.41) is 0. The van der Waals surface area contributed by atoms with Crippen LogP contribution in [0.1, 0.15) is 6.92 Å².